The maximum atomic E-state index is 10.00. The Morgan fingerprint density at radius 3 is 2.00 bits per heavy atom. The van der Waals surface area contributed by atoms with Crippen LogP contribution in [0.2, 0.25) is 0 Å². The molecule has 0 saturated carbocycles. The van der Waals surface area contributed by atoms with Crippen LogP contribution in [-0.4, -0.2) is 115 Å². The lowest BCUT2D eigenvalue weighted by Crippen LogP contribution is -2.60. The highest BCUT2D eigenvalue weighted by Gasteiger charge is 2.56. The van der Waals surface area contributed by atoms with Crippen molar-refractivity contribution in [3.05, 3.63) is 0 Å². The van der Waals surface area contributed by atoms with Crippen LogP contribution in [0.1, 0.15) is 0 Å². The van der Waals surface area contributed by atoms with Crippen LogP contribution in [0.3, 0.4) is 0 Å². The fraction of sp³-hybridized carbons (Fsp3) is 1.00. The van der Waals surface area contributed by atoms with Gasteiger partial charge in [0, 0.05) is 0 Å². The van der Waals surface area contributed by atoms with E-state index in [-0.39, 0.29) is 0 Å². The maximum absolute atomic E-state index is 10.00. The molecule has 2 fully saturated rings. The monoisotopic (exact) mass is 342 g/mol. The highest BCUT2D eigenvalue weighted by atomic mass is 16.7. The third-order valence-electron chi connectivity index (χ3n) is 4.04. The summed E-state index contributed by atoms with van der Waals surface area (Å²) in [6, 6.07) is 0. The van der Waals surface area contributed by atoms with Gasteiger partial charge in [0.1, 0.15) is 42.7 Å². The van der Waals surface area contributed by atoms with Crippen molar-refractivity contribution in [2.24, 2.45) is 0 Å². The van der Waals surface area contributed by atoms with E-state index < -0.39 is 74.6 Å². The summed E-state index contributed by atoms with van der Waals surface area (Å²) in [5.74, 6) is -2.37. The van der Waals surface area contributed by atoms with Gasteiger partial charge in [-0.05, 0) is 0 Å². The third-order valence-corrected chi connectivity index (χ3v) is 4.04. The number of rotatable bonds is 5. The minimum Gasteiger partial charge on any atom is -0.394 e. The SMILES string of the molecule is OC[C@H]1O[C@@H](O[C@@H]2[C@@H](CO)OC(O)(CO)[C@H]2O)[C@@H](O)[C@@H](O)[C@@H]1O. The zero-order valence-electron chi connectivity index (χ0n) is 12.0. The number of hydrogen-bond acceptors (Lipinski definition) is 11. The van der Waals surface area contributed by atoms with E-state index in [9.17, 15) is 30.6 Å². The average molecular weight is 342 g/mol. The molecule has 2 saturated heterocycles. The molecule has 0 amide bonds. The molecule has 0 aromatic carbocycles. The molecule has 11 heteroatoms. The Kier molecular flexibility index (Phi) is 5.92. The zero-order chi connectivity index (χ0) is 17.4. The Morgan fingerprint density at radius 2 is 1.48 bits per heavy atom. The lowest BCUT2D eigenvalue weighted by Gasteiger charge is -2.41. The molecule has 2 aliphatic rings. The van der Waals surface area contributed by atoms with Gasteiger partial charge in [0.25, 0.3) is 0 Å². The Morgan fingerprint density at radius 1 is 0.870 bits per heavy atom. The first-order valence-corrected chi connectivity index (χ1v) is 7.05. The fourth-order valence-corrected chi connectivity index (χ4v) is 2.63. The largest absolute Gasteiger partial charge is 0.394 e. The van der Waals surface area contributed by atoms with Gasteiger partial charge in [0.2, 0.25) is 5.79 Å². The Labute approximate surface area is 130 Å². The van der Waals surface area contributed by atoms with Crippen molar-refractivity contribution >= 4 is 0 Å². The molecule has 8 N–H and O–H groups in total. The molecule has 0 aromatic rings. The van der Waals surface area contributed by atoms with Crippen molar-refractivity contribution in [1.82, 2.24) is 0 Å². The van der Waals surface area contributed by atoms with Crippen molar-refractivity contribution in [2.45, 2.75) is 54.8 Å². The lowest BCUT2D eigenvalue weighted by molar-refractivity contribution is -0.318. The van der Waals surface area contributed by atoms with Crippen LogP contribution >= 0.6 is 0 Å². The van der Waals surface area contributed by atoms with Gasteiger partial charge >= 0.3 is 0 Å². The summed E-state index contributed by atoms with van der Waals surface area (Å²) in [4.78, 5) is 0. The van der Waals surface area contributed by atoms with E-state index in [0.717, 1.165) is 0 Å². The van der Waals surface area contributed by atoms with Crippen LogP contribution in [0.5, 0.6) is 0 Å². The van der Waals surface area contributed by atoms with E-state index in [2.05, 4.69) is 0 Å². The first kappa shape index (κ1) is 18.9. The summed E-state index contributed by atoms with van der Waals surface area (Å²) in [6.07, 6.45) is -12.2. The highest BCUT2D eigenvalue weighted by molar-refractivity contribution is 4.98. The molecular formula is C12H22O11. The topological polar surface area (TPSA) is 190 Å². The molecule has 2 heterocycles. The lowest BCUT2D eigenvalue weighted by atomic mass is 9.99. The summed E-state index contributed by atoms with van der Waals surface area (Å²) in [5, 5.41) is 76.5. The van der Waals surface area contributed by atoms with E-state index >= 15 is 0 Å². The summed E-state index contributed by atoms with van der Waals surface area (Å²) in [7, 11) is 0. The molecule has 0 spiro atoms. The van der Waals surface area contributed by atoms with Crippen LogP contribution in [-0.2, 0) is 14.2 Å². The molecule has 0 aliphatic carbocycles. The molecule has 0 aromatic heterocycles. The molecular weight excluding hydrogens is 320 g/mol. The minimum absolute atomic E-state index is 0.668. The Hall–Kier alpha value is -0.440. The summed E-state index contributed by atoms with van der Waals surface area (Å²) in [6.45, 7) is -2.32. The van der Waals surface area contributed by atoms with Gasteiger partial charge in [-0.2, -0.15) is 0 Å². The molecule has 136 valence electrons. The van der Waals surface area contributed by atoms with Crippen molar-refractivity contribution in [3.63, 3.8) is 0 Å². The van der Waals surface area contributed by atoms with Crippen molar-refractivity contribution in [3.8, 4) is 0 Å². The van der Waals surface area contributed by atoms with Crippen LogP contribution in [0.4, 0.5) is 0 Å². The third kappa shape index (κ3) is 3.36. The standard InChI is InChI=1S/C12H22O11/c13-1-4-6(16)7(17)8(18)11(21-4)22-9-5(2-14)23-12(20,3-15)10(9)19/h4-11,13-20H,1-3H2/t4-,5-,6-,7+,8+,9-,10+,11+,12?/m1/s1. The molecule has 0 bridgehead atoms. The van der Waals surface area contributed by atoms with Crippen LogP contribution < -0.4 is 0 Å². The smallest absolute Gasteiger partial charge is 0.219 e. The summed E-state index contributed by atoms with van der Waals surface area (Å²) < 4.78 is 15.3. The van der Waals surface area contributed by atoms with Crippen molar-refractivity contribution in [1.29, 1.82) is 0 Å². The number of aliphatic hydroxyl groups excluding tert-OH is 7. The average Bonchev–Trinajstić information content (AvgIpc) is 2.80. The van der Waals surface area contributed by atoms with E-state index in [1.807, 2.05) is 0 Å². The second-order valence-corrected chi connectivity index (χ2v) is 5.58. The predicted molar refractivity (Wildman–Crippen MR) is 68.6 cm³/mol. The Balaban J connectivity index is 2.13. The second kappa shape index (κ2) is 7.21. The first-order chi connectivity index (χ1) is 10.8. The van der Waals surface area contributed by atoms with E-state index in [1.54, 1.807) is 0 Å². The predicted octanol–water partition coefficient (Wildman–Crippen LogP) is -5.40. The van der Waals surface area contributed by atoms with Gasteiger partial charge in [-0.3, -0.25) is 0 Å². The summed E-state index contributed by atoms with van der Waals surface area (Å²) in [5.41, 5.74) is 0. The normalized spacial score (nSPS) is 51.1. The highest BCUT2D eigenvalue weighted by Crippen LogP contribution is 2.33. The van der Waals surface area contributed by atoms with Gasteiger partial charge < -0.3 is 55.1 Å². The van der Waals surface area contributed by atoms with Gasteiger partial charge in [0.15, 0.2) is 6.29 Å². The second-order valence-electron chi connectivity index (χ2n) is 5.58. The molecule has 23 heavy (non-hydrogen) atoms. The van der Waals surface area contributed by atoms with Gasteiger partial charge in [-0.1, -0.05) is 0 Å². The molecule has 11 nitrogen and oxygen atoms in total. The molecule has 1 unspecified atom stereocenters. The zero-order valence-corrected chi connectivity index (χ0v) is 12.0. The number of hydrogen-bond donors (Lipinski definition) is 8. The van der Waals surface area contributed by atoms with Crippen LogP contribution in [0, 0.1) is 0 Å². The van der Waals surface area contributed by atoms with E-state index in [0.29, 0.717) is 0 Å². The van der Waals surface area contributed by atoms with Gasteiger partial charge in [0.05, 0.1) is 19.8 Å². The van der Waals surface area contributed by atoms with E-state index in [1.165, 1.54) is 0 Å². The minimum atomic E-state index is -2.37. The quantitative estimate of drug-likeness (QED) is 0.238. The molecule has 9 atom stereocenters. The van der Waals surface area contributed by atoms with Crippen LogP contribution in [0.15, 0.2) is 0 Å². The Bertz CT molecular complexity index is 393. The number of ether oxygens (including phenoxy) is 3. The molecule has 0 radical (unpaired) electrons. The maximum Gasteiger partial charge on any atom is 0.219 e. The van der Waals surface area contributed by atoms with Gasteiger partial charge in [-0.15, -0.1) is 0 Å². The first-order valence-electron chi connectivity index (χ1n) is 7.05. The van der Waals surface area contributed by atoms with Crippen molar-refractivity contribution < 1.29 is 55.1 Å². The fourth-order valence-electron chi connectivity index (χ4n) is 2.63. The molecule has 2 rings (SSSR count). The van der Waals surface area contributed by atoms with E-state index in [4.69, 9.17) is 24.4 Å². The van der Waals surface area contributed by atoms with Crippen molar-refractivity contribution in [2.75, 3.05) is 19.8 Å². The van der Waals surface area contributed by atoms with Gasteiger partial charge in [-0.25, -0.2) is 0 Å². The molecule has 2 aliphatic heterocycles. The van der Waals surface area contributed by atoms with Crippen LogP contribution in [0.25, 0.3) is 0 Å². The number of aliphatic hydroxyl groups is 8. The summed E-state index contributed by atoms with van der Waals surface area (Å²) >= 11 is 0.